The fourth-order valence-electron chi connectivity index (χ4n) is 3.01. The summed E-state index contributed by atoms with van der Waals surface area (Å²) in [5, 5.41) is 9.36. The second-order valence-corrected chi connectivity index (χ2v) is 7.25. The van der Waals surface area contributed by atoms with Gasteiger partial charge in [-0.05, 0) is 59.2 Å². The molecule has 4 heteroatoms. The summed E-state index contributed by atoms with van der Waals surface area (Å²) in [6.07, 6.45) is 0. The Bertz CT molecular complexity index is 725. The quantitative estimate of drug-likeness (QED) is 0.789. The minimum absolute atomic E-state index is 0.000446. The first kappa shape index (κ1) is 15.5. The van der Waals surface area contributed by atoms with Crippen LogP contribution in [0.25, 0.3) is 0 Å². The standard InChI is InChI=1S/C18H18INO2/c1-18(2,14-6-4-3-5-7-14)20-10-13-8-12(11-21)9-15(19)16(13)17(20)22/h3-9,21H,10-11H2,1-2H3. The Morgan fingerprint density at radius 2 is 1.91 bits per heavy atom. The van der Waals surface area contributed by atoms with Crippen molar-refractivity contribution in [1.29, 1.82) is 0 Å². The largest absolute Gasteiger partial charge is 0.392 e. The van der Waals surface area contributed by atoms with Gasteiger partial charge in [-0.1, -0.05) is 36.4 Å². The topological polar surface area (TPSA) is 40.5 Å². The van der Waals surface area contributed by atoms with E-state index >= 15 is 0 Å². The number of hydrogen-bond donors (Lipinski definition) is 1. The number of hydrogen-bond acceptors (Lipinski definition) is 2. The molecule has 0 atom stereocenters. The molecule has 1 heterocycles. The lowest BCUT2D eigenvalue weighted by Crippen LogP contribution is -2.41. The summed E-state index contributed by atoms with van der Waals surface area (Å²) >= 11 is 2.18. The zero-order valence-corrected chi connectivity index (χ0v) is 14.8. The highest BCUT2D eigenvalue weighted by Crippen LogP contribution is 2.37. The van der Waals surface area contributed by atoms with Gasteiger partial charge in [-0.15, -0.1) is 0 Å². The predicted octanol–water partition coefficient (Wildman–Crippen LogP) is 3.67. The van der Waals surface area contributed by atoms with Crippen molar-refractivity contribution in [3.05, 3.63) is 68.3 Å². The van der Waals surface area contributed by atoms with Crippen LogP contribution in [0.4, 0.5) is 0 Å². The molecule has 0 aromatic heterocycles. The molecule has 0 radical (unpaired) electrons. The first-order chi connectivity index (χ1) is 10.4. The van der Waals surface area contributed by atoms with Crippen molar-refractivity contribution in [2.24, 2.45) is 0 Å². The van der Waals surface area contributed by atoms with Crippen LogP contribution in [0, 0.1) is 3.57 Å². The highest BCUT2D eigenvalue weighted by Gasteiger charge is 2.39. The molecule has 114 valence electrons. The molecule has 2 aromatic rings. The lowest BCUT2D eigenvalue weighted by atomic mass is 9.92. The van der Waals surface area contributed by atoms with E-state index in [1.165, 1.54) is 0 Å². The Morgan fingerprint density at radius 1 is 1.23 bits per heavy atom. The lowest BCUT2D eigenvalue weighted by molar-refractivity contribution is 0.0567. The van der Waals surface area contributed by atoms with Gasteiger partial charge < -0.3 is 10.0 Å². The molecule has 0 saturated carbocycles. The first-order valence-electron chi connectivity index (χ1n) is 7.25. The van der Waals surface area contributed by atoms with Crippen molar-refractivity contribution in [1.82, 2.24) is 4.90 Å². The third-order valence-corrected chi connectivity index (χ3v) is 5.21. The first-order valence-corrected chi connectivity index (χ1v) is 8.32. The van der Waals surface area contributed by atoms with Gasteiger partial charge in [0.2, 0.25) is 0 Å². The Morgan fingerprint density at radius 3 is 2.55 bits per heavy atom. The maximum atomic E-state index is 12.9. The highest BCUT2D eigenvalue weighted by atomic mass is 127. The number of amides is 1. The average molecular weight is 407 g/mol. The van der Waals surface area contributed by atoms with Crippen molar-refractivity contribution in [2.45, 2.75) is 32.5 Å². The molecule has 0 unspecified atom stereocenters. The van der Waals surface area contributed by atoms with Gasteiger partial charge in [-0.3, -0.25) is 4.79 Å². The van der Waals surface area contributed by atoms with E-state index in [1.807, 2.05) is 35.2 Å². The maximum absolute atomic E-state index is 12.9. The molecule has 0 aliphatic carbocycles. The Labute approximate surface area is 144 Å². The fraction of sp³-hybridized carbons (Fsp3) is 0.278. The molecule has 0 fully saturated rings. The molecule has 0 spiro atoms. The summed E-state index contributed by atoms with van der Waals surface area (Å²) in [6, 6.07) is 13.9. The minimum atomic E-state index is -0.375. The number of nitrogens with zero attached hydrogens (tertiary/aromatic N) is 1. The molecule has 1 N–H and O–H groups in total. The third-order valence-electron chi connectivity index (χ3n) is 4.36. The van der Waals surface area contributed by atoms with Gasteiger partial charge in [0.05, 0.1) is 17.7 Å². The van der Waals surface area contributed by atoms with E-state index in [0.29, 0.717) is 6.54 Å². The van der Waals surface area contributed by atoms with Crippen molar-refractivity contribution in [3.8, 4) is 0 Å². The summed E-state index contributed by atoms with van der Waals surface area (Å²) in [5.41, 5.74) is 3.38. The van der Waals surface area contributed by atoms with Gasteiger partial charge in [-0.25, -0.2) is 0 Å². The van der Waals surface area contributed by atoms with Gasteiger partial charge in [0, 0.05) is 10.1 Å². The molecule has 3 rings (SSSR count). The number of halogens is 1. The zero-order valence-electron chi connectivity index (χ0n) is 12.6. The number of carbonyl (C=O) groups is 1. The van der Waals surface area contributed by atoms with E-state index in [9.17, 15) is 9.90 Å². The molecule has 0 bridgehead atoms. The number of aliphatic hydroxyl groups excluding tert-OH is 1. The van der Waals surface area contributed by atoms with Crippen LogP contribution in [0.15, 0.2) is 42.5 Å². The molecule has 1 aliphatic rings. The van der Waals surface area contributed by atoms with E-state index in [0.717, 1.165) is 25.8 Å². The van der Waals surface area contributed by atoms with E-state index in [2.05, 4.69) is 48.6 Å². The fourth-order valence-corrected chi connectivity index (χ4v) is 3.99. The molecule has 0 saturated heterocycles. The SMILES string of the molecule is CC(C)(c1ccccc1)N1Cc2cc(CO)cc(I)c2C1=O. The molecular weight excluding hydrogens is 389 g/mol. The van der Waals surface area contributed by atoms with Crippen LogP contribution in [-0.4, -0.2) is 15.9 Å². The van der Waals surface area contributed by atoms with Crippen LogP contribution >= 0.6 is 22.6 Å². The van der Waals surface area contributed by atoms with Gasteiger partial charge >= 0.3 is 0 Å². The van der Waals surface area contributed by atoms with Gasteiger partial charge in [-0.2, -0.15) is 0 Å². The van der Waals surface area contributed by atoms with Crippen LogP contribution < -0.4 is 0 Å². The summed E-state index contributed by atoms with van der Waals surface area (Å²) in [4.78, 5) is 14.8. The molecule has 1 amide bonds. The lowest BCUT2D eigenvalue weighted by Gasteiger charge is -2.36. The normalized spacial score (nSPS) is 14.4. The van der Waals surface area contributed by atoms with Crippen molar-refractivity contribution in [2.75, 3.05) is 0 Å². The van der Waals surface area contributed by atoms with Crippen LogP contribution in [0.3, 0.4) is 0 Å². The maximum Gasteiger partial charge on any atom is 0.256 e. The summed E-state index contributed by atoms with van der Waals surface area (Å²) in [7, 11) is 0. The van der Waals surface area contributed by atoms with Gasteiger partial charge in [0.25, 0.3) is 5.91 Å². The minimum Gasteiger partial charge on any atom is -0.392 e. The number of fused-ring (bicyclic) bond motifs is 1. The van der Waals surface area contributed by atoms with E-state index in [4.69, 9.17) is 0 Å². The molecular formula is C18H18INO2. The summed E-state index contributed by atoms with van der Waals surface area (Å²) in [5.74, 6) is 0.0674. The molecule has 1 aliphatic heterocycles. The molecule has 22 heavy (non-hydrogen) atoms. The van der Waals surface area contributed by atoms with Crippen LogP contribution in [0.1, 0.15) is 40.9 Å². The van der Waals surface area contributed by atoms with Crippen LogP contribution in [0.5, 0.6) is 0 Å². The van der Waals surface area contributed by atoms with Gasteiger partial charge in [0.15, 0.2) is 0 Å². The van der Waals surface area contributed by atoms with Gasteiger partial charge in [0.1, 0.15) is 0 Å². The van der Waals surface area contributed by atoms with E-state index < -0.39 is 0 Å². The molecule has 2 aromatic carbocycles. The summed E-state index contributed by atoms with van der Waals surface area (Å²) in [6.45, 7) is 4.73. The molecule has 3 nitrogen and oxygen atoms in total. The third kappa shape index (κ3) is 2.44. The van der Waals surface area contributed by atoms with Crippen LogP contribution in [-0.2, 0) is 18.7 Å². The summed E-state index contributed by atoms with van der Waals surface area (Å²) < 4.78 is 0.913. The smallest absolute Gasteiger partial charge is 0.256 e. The highest BCUT2D eigenvalue weighted by molar-refractivity contribution is 14.1. The monoisotopic (exact) mass is 407 g/mol. The van der Waals surface area contributed by atoms with Crippen molar-refractivity contribution in [3.63, 3.8) is 0 Å². The van der Waals surface area contributed by atoms with Crippen molar-refractivity contribution < 1.29 is 9.90 Å². The predicted molar refractivity (Wildman–Crippen MR) is 94.4 cm³/mol. The van der Waals surface area contributed by atoms with E-state index in [1.54, 1.807) is 0 Å². The van der Waals surface area contributed by atoms with Crippen molar-refractivity contribution >= 4 is 28.5 Å². The second-order valence-electron chi connectivity index (χ2n) is 6.09. The van der Waals surface area contributed by atoms with Crippen LogP contribution in [0.2, 0.25) is 0 Å². The number of rotatable bonds is 3. The average Bonchev–Trinajstić information content (AvgIpc) is 2.86. The second kappa shape index (κ2) is 5.66. The number of aliphatic hydroxyl groups is 1. The zero-order chi connectivity index (χ0) is 15.9. The van der Waals surface area contributed by atoms with E-state index in [-0.39, 0.29) is 18.1 Å². The number of carbonyl (C=O) groups excluding carboxylic acids is 1. The number of benzene rings is 2. The Kier molecular flexibility index (Phi) is 3.99. The Balaban J connectivity index is 2.02. The Hall–Kier alpha value is -1.40.